The third kappa shape index (κ3) is 4.72. The standard InChI is InChI=1S/C13H19FN2O6S2/c1-10(13(17)18)16(3)23(19,20)9-8-15(2)24(21,22)12-6-4-11(14)5-7-12/h4-7,10H,8-9H2,1-3H3,(H,17,18). The highest BCUT2D eigenvalue weighted by molar-refractivity contribution is 7.90. The highest BCUT2D eigenvalue weighted by Gasteiger charge is 2.29. The zero-order valence-electron chi connectivity index (χ0n) is 13.4. The van der Waals surface area contributed by atoms with Gasteiger partial charge in [-0.05, 0) is 31.2 Å². The predicted molar refractivity (Wildman–Crippen MR) is 84.9 cm³/mol. The molecule has 11 heteroatoms. The Labute approximate surface area is 140 Å². The van der Waals surface area contributed by atoms with E-state index >= 15 is 0 Å². The highest BCUT2D eigenvalue weighted by Crippen LogP contribution is 2.15. The minimum atomic E-state index is -3.97. The van der Waals surface area contributed by atoms with E-state index in [1.165, 1.54) is 14.0 Å². The molecule has 1 rings (SSSR count). The van der Waals surface area contributed by atoms with Gasteiger partial charge in [0.05, 0.1) is 10.6 Å². The molecule has 0 aliphatic heterocycles. The lowest BCUT2D eigenvalue weighted by atomic mass is 10.4. The number of rotatable bonds is 8. The molecule has 1 aromatic rings. The Morgan fingerprint density at radius 2 is 1.67 bits per heavy atom. The number of halogens is 1. The fourth-order valence-corrected chi connectivity index (χ4v) is 4.34. The quantitative estimate of drug-likeness (QED) is 0.686. The molecule has 136 valence electrons. The van der Waals surface area contributed by atoms with Crippen molar-refractivity contribution < 1.29 is 31.1 Å². The largest absolute Gasteiger partial charge is 0.480 e. The molecular weight excluding hydrogens is 363 g/mol. The van der Waals surface area contributed by atoms with Gasteiger partial charge in [0, 0.05) is 20.6 Å². The van der Waals surface area contributed by atoms with Crippen LogP contribution in [-0.4, -0.2) is 69.0 Å². The lowest BCUT2D eigenvalue weighted by Gasteiger charge is -2.23. The van der Waals surface area contributed by atoms with Crippen LogP contribution in [0.15, 0.2) is 29.2 Å². The van der Waals surface area contributed by atoms with E-state index < -0.39 is 43.6 Å². The third-order valence-electron chi connectivity index (χ3n) is 3.53. The summed E-state index contributed by atoms with van der Waals surface area (Å²) in [6.07, 6.45) is 0. The molecule has 0 saturated carbocycles. The van der Waals surface area contributed by atoms with E-state index in [9.17, 15) is 26.0 Å². The normalized spacial score (nSPS) is 14.1. The molecule has 0 bridgehead atoms. The molecule has 0 spiro atoms. The first-order valence-corrected chi connectivity index (χ1v) is 9.85. The second-order valence-electron chi connectivity index (χ2n) is 5.13. The van der Waals surface area contributed by atoms with Crippen LogP contribution in [0.2, 0.25) is 0 Å². The number of nitrogens with zero attached hydrogens (tertiary/aromatic N) is 2. The summed E-state index contributed by atoms with van der Waals surface area (Å²) in [6.45, 7) is 0.831. The number of carboxylic acid groups (broad SMARTS) is 1. The van der Waals surface area contributed by atoms with Crippen LogP contribution in [-0.2, 0) is 24.8 Å². The molecule has 0 aliphatic carbocycles. The van der Waals surface area contributed by atoms with Gasteiger partial charge in [0.25, 0.3) is 0 Å². The van der Waals surface area contributed by atoms with E-state index in [2.05, 4.69) is 0 Å². The van der Waals surface area contributed by atoms with Crippen molar-refractivity contribution in [2.24, 2.45) is 0 Å². The van der Waals surface area contributed by atoms with Gasteiger partial charge in [-0.3, -0.25) is 4.79 Å². The SMILES string of the molecule is CC(C(=O)O)N(C)S(=O)(=O)CCN(C)S(=O)(=O)c1ccc(F)cc1. The van der Waals surface area contributed by atoms with Crippen LogP contribution in [0.3, 0.4) is 0 Å². The first kappa shape index (κ1) is 20.5. The van der Waals surface area contributed by atoms with Crippen LogP contribution in [0, 0.1) is 5.82 Å². The average Bonchev–Trinajstić information content (AvgIpc) is 2.51. The molecule has 1 N–H and O–H groups in total. The number of hydrogen-bond donors (Lipinski definition) is 1. The van der Waals surface area contributed by atoms with Crippen molar-refractivity contribution >= 4 is 26.0 Å². The summed E-state index contributed by atoms with van der Waals surface area (Å²) >= 11 is 0. The van der Waals surface area contributed by atoms with Crippen molar-refractivity contribution in [2.45, 2.75) is 17.9 Å². The van der Waals surface area contributed by atoms with Gasteiger partial charge in [0.15, 0.2) is 0 Å². The maximum absolute atomic E-state index is 12.9. The first-order chi connectivity index (χ1) is 10.9. The van der Waals surface area contributed by atoms with Gasteiger partial charge in [-0.2, -0.15) is 8.61 Å². The molecule has 0 aliphatic rings. The summed E-state index contributed by atoms with van der Waals surface area (Å²) in [5.74, 6) is -2.49. The number of hydrogen-bond acceptors (Lipinski definition) is 5. The monoisotopic (exact) mass is 382 g/mol. The Morgan fingerprint density at radius 1 is 1.17 bits per heavy atom. The lowest BCUT2D eigenvalue weighted by molar-refractivity contribution is -0.140. The molecule has 8 nitrogen and oxygen atoms in total. The van der Waals surface area contributed by atoms with Crippen LogP contribution in [0.25, 0.3) is 0 Å². The molecule has 0 fully saturated rings. The summed E-state index contributed by atoms with van der Waals surface area (Å²) in [5.41, 5.74) is 0. The van der Waals surface area contributed by atoms with Crippen molar-refractivity contribution in [1.29, 1.82) is 0 Å². The van der Waals surface area contributed by atoms with E-state index in [1.54, 1.807) is 0 Å². The Kier molecular flexibility index (Phi) is 6.45. The van der Waals surface area contributed by atoms with Gasteiger partial charge in [-0.25, -0.2) is 21.2 Å². The van der Waals surface area contributed by atoms with Crippen LogP contribution >= 0.6 is 0 Å². The van der Waals surface area contributed by atoms with Crippen LogP contribution in [0.1, 0.15) is 6.92 Å². The summed E-state index contributed by atoms with van der Waals surface area (Å²) < 4.78 is 63.1. The van der Waals surface area contributed by atoms with E-state index in [0.29, 0.717) is 4.31 Å². The van der Waals surface area contributed by atoms with Gasteiger partial charge in [0.2, 0.25) is 20.0 Å². The minimum Gasteiger partial charge on any atom is -0.480 e. The Morgan fingerprint density at radius 3 is 2.12 bits per heavy atom. The van der Waals surface area contributed by atoms with Gasteiger partial charge in [0.1, 0.15) is 11.9 Å². The van der Waals surface area contributed by atoms with E-state index in [1.807, 2.05) is 0 Å². The second-order valence-corrected chi connectivity index (χ2v) is 9.32. The summed E-state index contributed by atoms with van der Waals surface area (Å²) in [5, 5.41) is 8.85. The fourth-order valence-electron chi connectivity index (χ4n) is 1.69. The predicted octanol–water partition coefficient (Wildman–Crippen LogP) is 0.181. The molecule has 24 heavy (non-hydrogen) atoms. The number of aliphatic carboxylic acids is 1. The molecule has 0 aromatic heterocycles. The van der Waals surface area contributed by atoms with Crippen molar-refractivity contribution in [3.05, 3.63) is 30.1 Å². The Bertz CT molecular complexity index is 792. The lowest BCUT2D eigenvalue weighted by Crippen LogP contribution is -2.43. The van der Waals surface area contributed by atoms with Crippen LogP contribution in [0.5, 0.6) is 0 Å². The fraction of sp³-hybridized carbons (Fsp3) is 0.462. The Balaban J connectivity index is 2.86. The molecule has 0 saturated heterocycles. The number of carbonyl (C=O) groups is 1. The van der Waals surface area contributed by atoms with Gasteiger partial charge < -0.3 is 5.11 Å². The number of sulfonamides is 2. The van der Waals surface area contributed by atoms with Crippen molar-refractivity contribution in [2.75, 3.05) is 26.4 Å². The van der Waals surface area contributed by atoms with E-state index in [-0.39, 0.29) is 11.4 Å². The molecule has 0 heterocycles. The average molecular weight is 382 g/mol. The van der Waals surface area contributed by atoms with Gasteiger partial charge in [-0.15, -0.1) is 0 Å². The smallest absolute Gasteiger partial charge is 0.321 e. The summed E-state index contributed by atoms with van der Waals surface area (Å²) in [6, 6.07) is 2.86. The second kappa shape index (κ2) is 7.55. The van der Waals surface area contributed by atoms with Gasteiger partial charge in [-0.1, -0.05) is 0 Å². The number of benzene rings is 1. The van der Waals surface area contributed by atoms with Crippen LogP contribution < -0.4 is 0 Å². The summed E-state index contributed by atoms with van der Waals surface area (Å²) in [4.78, 5) is 10.7. The molecule has 1 aromatic carbocycles. The van der Waals surface area contributed by atoms with Crippen molar-refractivity contribution in [3.8, 4) is 0 Å². The molecular formula is C13H19FN2O6S2. The minimum absolute atomic E-state index is 0.170. The zero-order chi connectivity index (χ0) is 18.7. The maximum Gasteiger partial charge on any atom is 0.321 e. The third-order valence-corrected chi connectivity index (χ3v) is 7.29. The molecule has 1 atom stereocenters. The van der Waals surface area contributed by atoms with Crippen LogP contribution in [0.4, 0.5) is 4.39 Å². The van der Waals surface area contributed by atoms with Gasteiger partial charge >= 0.3 is 5.97 Å². The number of likely N-dealkylation sites (N-methyl/N-ethyl adjacent to an activating group) is 1. The topological polar surface area (TPSA) is 112 Å². The molecule has 0 radical (unpaired) electrons. The highest BCUT2D eigenvalue weighted by atomic mass is 32.2. The van der Waals surface area contributed by atoms with Crippen molar-refractivity contribution in [3.63, 3.8) is 0 Å². The first-order valence-electron chi connectivity index (χ1n) is 6.80. The molecule has 0 amide bonds. The molecule has 1 unspecified atom stereocenters. The van der Waals surface area contributed by atoms with Crippen molar-refractivity contribution in [1.82, 2.24) is 8.61 Å². The van der Waals surface area contributed by atoms with E-state index in [4.69, 9.17) is 5.11 Å². The Hall–Kier alpha value is -1.56. The summed E-state index contributed by atoms with van der Waals surface area (Å²) in [7, 11) is -5.63. The van der Waals surface area contributed by atoms with E-state index in [0.717, 1.165) is 35.6 Å². The maximum atomic E-state index is 12.9. The number of carboxylic acids is 1. The zero-order valence-corrected chi connectivity index (χ0v) is 15.0.